The molecule has 3 aromatic rings. The van der Waals surface area contributed by atoms with E-state index in [1.807, 2.05) is 0 Å². The van der Waals surface area contributed by atoms with Gasteiger partial charge in [0.15, 0.2) is 5.01 Å². The number of carboxylic acids is 1. The molecule has 10 heteroatoms. The third kappa shape index (κ3) is 6.94. The maximum atomic E-state index is 13.2. The van der Waals surface area contributed by atoms with Gasteiger partial charge < -0.3 is 15.7 Å². The number of carboxylic acid groups (broad SMARTS) is 1. The van der Waals surface area contributed by atoms with E-state index in [0.717, 1.165) is 36.5 Å². The van der Waals surface area contributed by atoms with Gasteiger partial charge in [0.25, 0.3) is 5.91 Å². The Morgan fingerprint density at radius 3 is 2.59 bits per heavy atom. The third-order valence-electron chi connectivity index (χ3n) is 6.26. The SMILES string of the molecule is CC(C)N1CCCc2nc(C(=O)Nc3cc(C(=O)O)ccc3CCC(=O)Nc3ccc(Cl)cc3)sc2C1. The van der Waals surface area contributed by atoms with Gasteiger partial charge in [0.05, 0.1) is 11.3 Å². The number of aromatic nitrogens is 1. The van der Waals surface area contributed by atoms with Crippen LogP contribution in [0, 0.1) is 0 Å². The molecule has 37 heavy (non-hydrogen) atoms. The van der Waals surface area contributed by atoms with Gasteiger partial charge in [-0.15, -0.1) is 11.3 Å². The first-order valence-corrected chi connectivity index (χ1v) is 13.3. The van der Waals surface area contributed by atoms with Crippen molar-refractivity contribution in [1.82, 2.24) is 9.88 Å². The molecule has 8 nitrogen and oxygen atoms in total. The van der Waals surface area contributed by atoms with E-state index < -0.39 is 5.97 Å². The van der Waals surface area contributed by atoms with Crippen LogP contribution in [0.15, 0.2) is 42.5 Å². The zero-order chi connectivity index (χ0) is 26.5. The zero-order valence-electron chi connectivity index (χ0n) is 20.7. The number of benzene rings is 2. The average Bonchev–Trinajstić information content (AvgIpc) is 3.15. The molecule has 4 rings (SSSR count). The number of carbonyl (C=O) groups excluding carboxylic acids is 2. The Bertz CT molecular complexity index is 1310. The number of amides is 2. The van der Waals surface area contributed by atoms with Crippen molar-refractivity contribution in [2.75, 3.05) is 17.2 Å². The smallest absolute Gasteiger partial charge is 0.335 e. The lowest BCUT2D eigenvalue weighted by atomic mass is 10.0. The Morgan fingerprint density at radius 2 is 1.89 bits per heavy atom. The van der Waals surface area contributed by atoms with Gasteiger partial charge in [-0.05, 0) is 81.6 Å². The van der Waals surface area contributed by atoms with Crippen LogP contribution in [-0.2, 0) is 24.2 Å². The van der Waals surface area contributed by atoms with Gasteiger partial charge in [0, 0.05) is 40.3 Å². The lowest BCUT2D eigenvalue weighted by molar-refractivity contribution is -0.116. The minimum atomic E-state index is -1.10. The summed E-state index contributed by atoms with van der Waals surface area (Å²) < 4.78 is 0. The molecule has 1 aromatic heterocycles. The molecule has 0 unspecified atom stereocenters. The molecule has 2 heterocycles. The highest BCUT2D eigenvalue weighted by Gasteiger charge is 2.23. The summed E-state index contributed by atoms with van der Waals surface area (Å²) in [5.74, 6) is -1.69. The van der Waals surface area contributed by atoms with Gasteiger partial charge in [0.2, 0.25) is 5.91 Å². The van der Waals surface area contributed by atoms with Crippen molar-refractivity contribution in [3.05, 3.63) is 74.2 Å². The molecule has 0 saturated carbocycles. The third-order valence-corrected chi connectivity index (χ3v) is 7.60. The number of carbonyl (C=O) groups is 3. The molecule has 0 bridgehead atoms. The highest BCUT2D eigenvalue weighted by molar-refractivity contribution is 7.13. The molecule has 0 spiro atoms. The molecule has 1 aliphatic heterocycles. The van der Waals surface area contributed by atoms with Crippen LogP contribution >= 0.6 is 22.9 Å². The van der Waals surface area contributed by atoms with Crippen LogP contribution in [0.25, 0.3) is 0 Å². The Labute approximate surface area is 224 Å². The van der Waals surface area contributed by atoms with E-state index in [-0.39, 0.29) is 23.8 Å². The quantitative estimate of drug-likeness (QED) is 0.349. The zero-order valence-corrected chi connectivity index (χ0v) is 22.3. The molecule has 0 atom stereocenters. The first-order valence-electron chi connectivity index (χ1n) is 12.1. The van der Waals surface area contributed by atoms with Crippen LogP contribution < -0.4 is 10.6 Å². The fraction of sp³-hybridized carbons (Fsp3) is 0.333. The molecule has 0 saturated heterocycles. The number of thiazole rings is 1. The maximum Gasteiger partial charge on any atom is 0.335 e. The molecule has 0 aliphatic carbocycles. The number of aryl methyl sites for hydroxylation is 2. The van der Waals surface area contributed by atoms with Gasteiger partial charge in [-0.2, -0.15) is 0 Å². The molecule has 1 aliphatic rings. The topological polar surface area (TPSA) is 112 Å². The number of hydrogen-bond acceptors (Lipinski definition) is 6. The van der Waals surface area contributed by atoms with Gasteiger partial charge >= 0.3 is 5.97 Å². The van der Waals surface area contributed by atoms with Crippen LogP contribution in [0.5, 0.6) is 0 Å². The lowest BCUT2D eigenvalue weighted by Crippen LogP contribution is -2.30. The second-order valence-corrected chi connectivity index (χ2v) is 10.8. The van der Waals surface area contributed by atoms with E-state index in [2.05, 4.69) is 34.4 Å². The number of halogens is 1. The summed E-state index contributed by atoms with van der Waals surface area (Å²) in [7, 11) is 0. The largest absolute Gasteiger partial charge is 0.478 e. The van der Waals surface area contributed by atoms with Crippen LogP contribution in [0.1, 0.15) is 63.0 Å². The molecular formula is C27H29ClN4O4S. The van der Waals surface area contributed by atoms with Crippen LogP contribution in [0.3, 0.4) is 0 Å². The normalized spacial score (nSPS) is 13.6. The van der Waals surface area contributed by atoms with E-state index in [0.29, 0.717) is 39.4 Å². The van der Waals surface area contributed by atoms with Crippen LogP contribution in [0.2, 0.25) is 5.02 Å². The standard InChI is InChI=1S/C27H29ClN4O4S/c1-16(2)32-13-3-4-21-23(15-32)37-26(31-21)25(34)30-22-14-18(27(35)36)6-5-17(22)7-12-24(33)29-20-10-8-19(28)9-11-20/h5-6,8-11,14,16H,3-4,7,12-13,15H2,1-2H3,(H,29,33)(H,30,34)(H,35,36). The summed E-state index contributed by atoms with van der Waals surface area (Å²) in [4.78, 5) is 45.3. The van der Waals surface area contributed by atoms with Gasteiger partial charge in [-0.1, -0.05) is 17.7 Å². The van der Waals surface area contributed by atoms with E-state index in [1.165, 1.54) is 23.5 Å². The number of nitrogens with one attached hydrogen (secondary N) is 2. The van der Waals surface area contributed by atoms with Crippen molar-refractivity contribution in [1.29, 1.82) is 0 Å². The summed E-state index contributed by atoms with van der Waals surface area (Å²) >= 11 is 7.27. The first kappa shape index (κ1) is 26.8. The summed E-state index contributed by atoms with van der Waals surface area (Å²) in [6.07, 6.45) is 2.27. The second-order valence-electron chi connectivity index (χ2n) is 9.24. The molecular weight excluding hydrogens is 512 g/mol. The average molecular weight is 541 g/mol. The molecule has 2 amide bonds. The monoisotopic (exact) mass is 540 g/mol. The minimum absolute atomic E-state index is 0.0483. The minimum Gasteiger partial charge on any atom is -0.478 e. The fourth-order valence-corrected chi connectivity index (χ4v) is 5.33. The number of rotatable bonds is 8. The van der Waals surface area contributed by atoms with Crippen molar-refractivity contribution in [3.8, 4) is 0 Å². The number of nitrogens with zero attached hydrogens (tertiary/aromatic N) is 2. The number of hydrogen-bond donors (Lipinski definition) is 3. The van der Waals surface area contributed by atoms with Crippen LogP contribution in [0.4, 0.5) is 11.4 Å². The van der Waals surface area contributed by atoms with Crippen molar-refractivity contribution >= 4 is 52.1 Å². The van der Waals surface area contributed by atoms with E-state index in [4.69, 9.17) is 11.6 Å². The highest BCUT2D eigenvalue weighted by Crippen LogP contribution is 2.27. The Morgan fingerprint density at radius 1 is 1.14 bits per heavy atom. The first-order chi connectivity index (χ1) is 17.7. The van der Waals surface area contributed by atoms with E-state index in [9.17, 15) is 19.5 Å². The number of aromatic carboxylic acids is 1. The highest BCUT2D eigenvalue weighted by atomic mass is 35.5. The molecule has 194 valence electrons. The summed E-state index contributed by atoms with van der Waals surface area (Å²) in [6.45, 7) is 6.08. The predicted molar refractivity (Wildman–Crippen MR) is 146 cm³/mol. The number of fused-ring (bicyclic) bond motifs is 1. The lowest BCUT2D eigenvalue weighted by Gasteiger charge is -2.23. The van der Waals surface area contributed by atoms with Crippen molar-refractivity contribution in [3.63, 3.8) is 0 Å². The van der Waals surface area contributed by atoms with Gasteiger partial charge in [-0.25, -0.2) is 9.78 Å². The Kier molecular flexibility index (Phi) is 8.58. The van der Waals surface area contributed by atoms with Crippen LogP contribution in [-0.4, -0.2) is 45.4 Å². The summed E-state index contributed by atoms with van der Waals surface area (Å²) in [6, 6.07) is 11.7. The molecule has 2 aromatic carbocycles. The van der Waals surface area contributed by atoms with Crippen molar-refractivity contribution in [2.45, 2.75) is 52.1 Å². The van der Waals surface area contributed by atoms with Gasteiger partial charge in [-0.3, -0.25) is 14.5 Å². The number of anilines is 2. The summed E-state index contributed by atoms with van der Waals surface area (Å²) in [5, 5.41) is 16.0. The fourth-order valence-electron chi connectivity index (χ4n) is 4.18. The second kappa shape index (κ2) is 11.9. The molecule has 0 fully saturated rings. The maximum absolute atomic E-state index is 13.2. The molecule has 0 radical (unpaired) electrons. The molecule has 3 N–H and O–H groups in total. The summed E-state index contributed by atoms with van der Waals surface area (Å²) in [5.41, 5.74) is 2.65. The predicted octanol–water partition coefficient (Wildman–Crippen LogP) is 5.47. The van der Waals surface area contributed by atoms with E-state index >= 15 is 0 Å². The van der Waals surface area contributed by atoms with Gasteiger partial charge in [0.1, 0.15) is 0 Å². The van der Waals surface area contributed by atoms with Crippen molar-refractivity contribution in [2.24, 2.45) is 0 Å². The van der Waals surface area contributed by atoms with E-state index in [1.54, 1.807) is 30.3 Å². The van der Waals surface area contributed by atoms with Crippen molar-refractivity contribution < 1.29 is 19.5 Å². The Hall–Kier alpha value is -3.27. The Balaban J connectivity index is 1.48.